The van der Waals surface area contributed by atoms with Crippen LogP contribution in [0, 0.1) is 11.3 Å². The van der Waals surface area contributed by atoms with E-state index in [4.69, 9.17) is 38.9 Å². The molecule has 0 aliphatic rings. The third-order valence-corrected chi connectivity index (χ3v) is 6.11. The molecular weight excluding hydrogens is 429 g/mol. The first kappa shape index (κ1) is 21.3. The Hall–Kier alpha value is -2.97. The van der Waals surface area contributed by atoms with Gasteiger partial charge in [0.25, 0.3) is 0 Å². The molecule has 4 nitrogen and oxygen atoms in total. The van der Waals surface area contributed by atoms with Crippen molar-refractivity contribution >= 4 is 34.1 Å². The van der Waals surface area contributed by atoms with E-state index in [1.165, 1.54) is 0 Å². The minimum absolute atomic E-state index is 0.517. The molecule has 0 bridgehead atoms. The summed E-state index contributed by atoms with van der Waals surface area (Å²) >= 11 is 12.3. The molecule has 1 heterocycles. The number of nitrogens with two attached hydrogens (primary N) is 1. The number of methoxy groups -OCH3 is 1. The lowest BCUT2D eigenvalue weighted by Crippen LogP contribution is -2.06. The fourth-order valence-electron chi connectivity index (χ4n) is 3.91. The van der Waals surface area contributed by atoms with Crippen LogP contribution in [0.3, 0.4) is 0 Å². The summed E-state index contributed by atoms with van der Waals surface area (Å²) in [5.74, 6) is 0.795. The number of rotatable bonds is 6. The lowest BCUT2D eigenvalue weighted by atomic mass is 10.0. The predicted molar refractivity (Wildman–Crippen MR) is 127 cm³/mol. The molecule has 0 radical (unpaired) electrons. The molecule has 3 aromatic carbocycles. The van der Waals surface area contributed by atoms with Crippen LogP contribution < -0.4 is 10.5 Å². The molecule has 4 aromatic rings. The fourth-order valence-corrected chi connectivity index (χ4v) is 4.23. The van der Waals surface area contributed by atoms with Crippen molar-refractivity contribution in [1.82, 2.24) is 4.57 Å². The molecule has 2 N–H and O–H groups in total. The molecule has 31 heavy (non-hydrogen) atoms. The maximum Gasteiger partial charge on any atom is 0.197 e. The number of nitrogens with zero attached hydrogens (tertiary/aromatic N) is 2. The second kappa shape index (κ2) is 9.03. The molecule has 0 saturated heterocycles. The maximum atomic E-state index is 9.06. The van der Waals surface area contributed by atoms with Crippen molar-refractivity contribution in [3.63, 3.8) is 0 Å². The summed E-state index contributed by atoms with van der Waals surface area (Å²) in [6.07, 6.45) is 0.699. The molecule has 0 unspecified atom stereocenters. The highest BCUT2D eigenvalue weighted by Crippen LogP contribution is 2.36. The van der Waals surface area contributed by atoms with Gasteiger partial charge in [0.2, 0.25) is 0 Å². The van der Waals surface area contributed by atoms with Crippen LogP contribution >= 0.6 is 23.2 Å². The molecule has 0 aliphatic heterocycles. The van der Waals surface area contributed by atoms with E-state index in [-0.39, 0.29) is 0 Å². The number of nitriles is 1. The molecular formula is C25H21Cl2N3O. The number of aromatic nitrogens is 1. The molecule has 0 saturated carbocycles. The van der Waals surface area contributed by atoms with Crippen molar-refractivity contribution in [3.8, 4) is 23.1 Å². The number of hydrogen-bond acceptors (Lipinski definition) is 3. The van der Waals surface area contributed by atoms with Gasteiger partial charge in [-0.1, -0.05) is 47.5 Å². The van der Waals surface area contributed by atoms with Gasteiger partial charge < -0.3 is 15.0 Å². The molecule has 1 aromatic heterocycles. The average molecular weight is 450 g/mol. The van der Waals surface area contributed by atoms with Gasteiger partial charge in [-0.2, -0.15) is 5.26 Å². The number of halogens is 2. The Morgan fingerprint density at radius 2 is 1.71 bits per heavy atom. The van der Waals surface area contributed by atoms with E-state index in [9.17, 15) is 0 Å². The number of hydrogen-bond donors (Lipinski definition) is 1. The number of fused-ring (bicyclic) bond motifs is 1. The van der Waals surface area contributed by atoms with E-state index in [2.05, 4.69) is 28.8 Å². The Balaban J connectivity index is 1.85. The topological polar surface area (TPSA) is 64.0 Å². The Kier molecular flexibility index (Phi) is 6.20. The van der Waals surface area contributed by atoms with Gasteiger partial charge in [-0.15, -0.1) is 0 Å². The fraction of sp³-hybridized carbons (Fsp3) is 0.160. The monoisotopic (exact) mass is 449 g/mol. The van der Waals surface area contributed by atoms with Crippen LogP contribution in [-0.2, 0) is 13.0 Å². The van der Waals surface area contributed by atoms with E-state index in [1.807, 2.05) is 36.4 Å². The number of benzene rings is 3. The van der Waals surface area contributed by atoms with E-state index in [0.717, 1.165) is 39.0 Å². The van der Waals surface area contributed by atoms with Crippen LogP contribution in [0.4, 0.5) is 0 Å². The summed E-state index contributed by atoms with van der Waals surface area (Å²) in [5, 5.41) is 11.2. The van der Waals surface area contributed by atoms with Gasteiger partial charge in [-0.05, 0) is 66.1 Å². The summed E-state index contributed by atoms with van der Waals surface area (Å²) in [7, 11) is 1.68. The van der Waals surface area contributed by atoms with E-state index < -0.39 is 0 Å². The minimum atomic E-state index is 0.517. The second-order valence-corrected chi connectivity index (χ2v) is 8.10. The predicted octanol–water partition coefficient (Wildman–Crippen LogP) is 6.04. The van der Waals surface area contributed by atoms with E-state index >= 15 is 0 Å². The van der Waals surface area contributed by atoms with Gasteiger partial charge >= 0.3 is 0 Å². The van der Waals surface area contributed by atoms with E-state index in [1.54, 1.807) is 13.2 Å². The number of ether oxygens (including phenoxy) is 1. The normalized spacial score (nSPS) is 10.9. The maximum absolute atomic E-state index is 9.06. The SMILES string of the molecule is COc1c(CCN)c2cc(-c3ccc(C#N)cc3)ccc2n1Cc1ccc(Cl)c(Cl)c1. The van der Waals surface area contributed by atoms with Gasteiger partial charge in [0.05, 0.1) is 40.8 Å². The van der Waals surface area contributed by atoms with Crippen molar-refractivity contribution in [2.75, 3.05) is 13.7 Å². The average Bonchev–Trinajstić information content (AvgIpc) is 3.08. The highest BCUT2D eigenvalue weighted by Gasteiger charge is 2.19. The van der Waals surface area contributed by atoms with Gasteiger partial charge in [0.15, 0.2) is 5.88 Å². The summed E-state index contributed by atoms with van der Waals surface area (Å²) in [4.78, 5) is 0. The third-order valence-electron chi connectivity index (χ3n) is 5.38. The highest BCUT2D eigenvalue weighted by molar-refractivity contribution is 6.42. The first-order valence-electron chi connectivity index (χ1n) is 9.89. The van der Waals surface area contributed by atoms with Crippen molar-refractivity contribution in [3.05, 3.63) is 87.4 Å². The van der Waals surface area contributed by atoms with Gasteiger partial charge in [0.1, 0.15) is 0 Å². The van der Waals surface area contributed by atoms with Gasteiger partial charge in [-0.25, -0.2) is 0 Å². The zero-order chi connectivity index (χ0) is 22.0. The Morgan fingerprint density at radius 3 is 2.35 bits per heavy atom. The standard InChI is InChI=1S/C25H21Cl2N3O/c1-31-25-20(10-11-28)21-13-19(18-5-2-16(14-29)3-6-18)7-9-24(21)30(25)15-17-4-8-22(26)23(27)12-17/h2-9,12-13H,10-11,15,28H2,1H3. The molecule has 0 amide bonds. The Morgan fingerprint density at radius 1 is 0.968 bits per heavy atom. The smallest absolute Gasteiger partial charge is 0.197 e. The first-order valence-corrected chi connectivity index (χ1v) is 10.6. The second-order valence-electron chi connectivity index (χ2n) is 7.28. The van der Waals surface area contributed by atoms with Crippen molar-refractivity contribution in [2.45, 2.75) is 13.0 Å². The quantitative estimate of drug-likeness (QED) is 0.389. The summed E-state index contributed by atoms with van der Waals surface area (Å²) < 4.78 is 7.97. The molecule has 0 atom stereocenters. The van der Waals surface area contributed by atoms with Crippen LogP contribution in [0.25, 0.3) is 22.0 Å². The van der Waals surface area contributed by atoms with Gasteiger partial charge in [0, 0.05) is 10.9 Å². The van der Waals surface area contributed by atoms with Crippen LogP contribution in [0.2, 0.25) is 10.0 Å². The minimum Gasteiger partial charge on any atom is -0.482 e. The van der Waals surface area contributed by atoms with E-state index in [0.29, 0.717) is 35.1 Å². The van der Waals surface area contributed by atoms with Crippen molar-refractivity contribution in [2.24, 2.45) is 5.73 Å². The van der Waals surface area contributed by atoms with Gasteiger partial charge in [-0.3, -0.25) is 0 Å². The van der Waals surface area contributed by atoms with Crippen LogP contribution in [0.5, 0.6) is 5.88 Å². The Labute approximate surface area is 191 Å². The molecule has 0 spiro atoms. The van der Waals surface area contributed by atoms with Crippen molar-refractivity contribution < 1.29 is 4.74 Å². The van der Waals surface area contributed by atoms with Crippen LogP contribution in [-0.4, -0.2) is 18.2 Å². The molecule has 0 fully saturated rings. The zero-order valence-electron chi connectivity index (χ0n) is 17.0. The molecule has 156 valence electrons. The first-order chi connectivity index (χ1) is 15.0. The van der Waals surface area contributed by atoms with Crippen LogP contribution in [0.15, 0.2) is 60.7 Å². The zero-order valence-corrected chi connectivity index (χ0v) is 18.5. The molecule has 4 rings (SSSR count). The molecule has 0 aliphatic carbocycles. The summed E-state index contributed by atoms with van der Waals surface area (Å²) in [5.41, 5.74) is 11.9. The highest BCUT2D eigenvalue weighted by atomic mass is 35.5. The summed E-state index contributed by atoms with van der Waals surface area (Å²) in [6, 6.07) is 21.7. The molecule has 6 heteroatoms. The lowest BCUT2D eigenvalue weighted by Gasteiger charge is -2.12. The Bertz CT molecular complexity index is 1290. The van der Waals surface area contributed by atoms with Crippen LogP contribution in [0.1, 0.15) is 16.7 Å². The summed E-state index contributed by atoms with van der Waals surface area (Å²) in [6.45, 7) is 1.11. The van der Waals surface area contributed by atoms with Crippen molar-refractivity contribution in [1.29, 1.82) is 5.26 Å². The lowest BCUT2D eigenvalue weighted by molar-refractivity contribution is 0.375. The largest absolute Gasteiger partial charge is 0.482 e. The third kappa shape index (κ3) is 4.13.